The molecule has 0 spiro atoms. The lowest BCUT2D eigenvalue weighted by molar-refractivity contribution is -0.143. The lowest BCUT2D eigenvalue weighted by atomic mass is 9.96. The molecule has 36 heavy (non-hydrogen) atoms. The van der Waals surface area contributed by atoms with Gasteiger partial charge in [-0.15, -0.1) is 0 Å². The predicted octanol–water partition coefficient (Wildman–Crippen LogP) is 3.30. The van der Waals surface area contributed by atoms with Gasteiger partial charge in [0.15, 0.2) is 11.4 Å². The Balaban J connectivity index is 1.81. The van der Waals surface area contributed by atoms with Crippen LogP contribution < -0.4 is 19.6 Å². The Morgan fingerprint density at radius 3 is 2.44 bits per heavy atom. The first-order chi connectivity index (χ1) is 17.1. The fourth-order valence-electron chi connectivity index (χ4n) is 3.78. The molecule has 4 rings (SSSR count). The summed E-state index contributed by atoms with van der Waals surface area (Å²) in [7, 11) is 0. The number of ether oxygens (including phenoxy) is 2. The maximum Gasteiger partial charge on any atom is 0.341 e. The fourth-order valence-corrected chi connectivity index (χ4v) is 4.95. The summed E-state index contributed by atoms with van der Waals surface area (Å²) in [5, 5.41) is 9.29. The van der Waals surface area contributed by atoms with Gasteiger partial charge >= 0.3 is 11.9 Å². The second-order valence-corrected chi connectivity index (χ2v) is 9.78. The van der Waals surface area contributed by atoms with Crippen LogP contribution in [0.2, 0.25) is 5.02 Å². The molecular formula is C26H23ClN2O6S. The molecule has 0 amide bonds. The van der Waals surface area contributed by atoms with Crippen LogP contribution in [0.15, 0.2) is 69.6 Å². The van der Waals surface area contributed by atoms with Gasteiger partial charge in [-0.1, -0.05) is 47.2 Å². The number of carboxylic acid groups (broad SMARTS) is 1. The van der Waals surface area contributed by atoms with Gasteiger partial charge in [0.1, 0.15) is 5.75 Å². The number of nitrogens with zero attached hydrogens (tertiary/aromatic N) is 2. The molecule has 8 nitrogen and oxygen atoms in total. The van der Waals surface area contributed by atoms with Gasteiger partial charge in [0, 0.05) is 5.02 Å². The van der Waals surface area contributed by atoms with Crippen molar-refractivity contribution < 1.29 is 24.2 Å². The van der Waals surface area contributed by atoms with Crippen LogP contribution in [-0.4, -0.2) is 34.3 Å². The summed E-state index contributed by atoms with van der Waals surface area (Å²) >= 11 is 7.30. The lowest BCUT2D eigenvalue weighted by Crippen LogP contribution is -2.40. The summed E-state index contributed by atoms with van der Waals surface area (Å²) in [6.07, 6.45) is 1.38. The Kier molecular flexibility index (Phi) is 7.42. The SMILES string of the molecule is CC1=C(C(=O)OC(C)C)[C@@H](c2ccc(Cl)cc2)n2c(s/c(=C/c3ccc(OCC(=O)O)cc3)c2=O)=N1. The van der Waals surface area contributed by atoms with E-state index in [0.29, 0.717) is 36.9 Å². The molecule has 2 aromatic carbocycles. The molecular weight excluding hydrogens is 504 g/mol. The minimum atomic E-state index is -1.07. The summed E-state index contributed by atoms with van der Waals surface area (Å²) in [6.45, 7) is 4.81. The molecule has 0 fully saturated rings. The van der Waals surface area contributed by atoms with E-state index in [2.05, 4.69) is 4.99 Å². The van der Waals surface area contributed by atoms with Crippen molar-refractivity contribution in [1.82, 2.24) is 4.57 Å². The van der Waals surface area contributed by atoms with Gasteiger partial charge in [0.2, 0.25) is 0 Å². The summed E-state index contributed by atoms with van der Waals surface area (Å²) in [4.78, 5) is 42.4. The third-order valence-electron chi connectivity index (χ3n) is 5.31. The maximum absolute atomic E-state index is 13.6. The Labute approximate surface area is 215 Å². The summed E-state index contributed by atoms with van der Waals surface area (Å²) in [5.41, 5.74) is 1.91. The number of halogens is 1. The molecule has 0 aliphatic carbocycles. The third-order valence-corrected chi connectivity index (χ3v) is 6.55. The van der Waals surface area contributed by atoms with Crippen molar-refractivity contribution in [3.63, 3.8) is 0 Å². The number of benzene rings is 2. The van der Waals surface area contributed by atoms with Crippen molar-refractivity contribution in [3.05, 3.63) is 95.6 Å². The number of carbonyl (C=O) groups is 2. The molecule has 1 aliphatic rings. The molecule has 1 aromatic heterocycles. The zero-order valence-corrected chi connectivity index (χ0v) is 21.3. The number of allylic oxidation sites excluding steroid dienone is 1. The van der Waals surface area contributed by atoms with Crippen LogP contribution in [0.4, 0.5) is 0 Å². The number of esters is 1. The van der Waals surface area contributed by atoms with Crippen molar-refractivity contribution in [3.8, 4) is 5.75 Å². The molecule has 1 atom stereocenters. The lowest BCUT2D eigenvalue weighted by Gasteiger charge is -2.25. The van der Waals surface area contributed by atoms with Gasteiger partial charge in [-0.25, -0.2) is 14.6 Å². The van der Waals surface area contributed by atoms with E-state index in [1.54, 1.807) is 75.4 Å². The van der Waals surface area contributed by atoms with Crippen LogP contribution in [-0.2, 0) is 14.3 Å². The first-order valence-corrected chi connectivity index (χ1v) is 12.3. The van der Waals surface area contributed by atoms with Gasteiger partial charge in [-0.2, -0.15) is 0 Å². The van der Waals surface area contributed by atoms with Crippen molar-refractivity contribution in [2.24, 2.45) is 4.99 Å². The number of hydrogen-bond acceptors (Lipinski definition) is 7. The Bertz CT molecular complexity index is 1520. The molecule has 3 aromatic rings. The number of carbonyl (C=O) groups excluding carboxylic acids is 1. The topological polar surface area (TPSA) is 107 Å². The monoisotopic (exact) mass is 526 g/mol. The Morgan fingerprint density at radius 2 is 1.83 bits per heavy atom. The number of fused-ring (bicyclic) bond motifs is 1. The number of hydrogen-bond donors (Lipinski definition) is 1. The number of thiazole rings is 1. The van der Waals surface area contributed by atoms with E-state index in [0.717, 1.165) is 5.56 Å². The van der Waals surface area contributed by atoms with Gasteiger partial charge in [0.25, 0.3) is 5.56 Å². The second-order valence-electron chi connectivity index (χ2n) is 8.34. The molecule has 1 aliphatic heterocycles. The van der Waals surface area contributed by atoms with E-state index in [1.807, 2.05) is 0 Å². The molecule has 0 bridgehead atoms. The molecule has 2 heterocycles. The highest BCUT2D eigenvalue weighted by Gasteiger charge is 2.33. The molecule has 0 unspecified atom stereocenters. The van der Waals surface area contributed by atoms with Crippen LogP contribution in [0.5, 0.6) is 5.75 Å². The minimum absolute atomic E-state index is 0.296. The zero-order chi connectivity index (χ0) is 26.0. The second kappa shape index (κ2) is 10.5. The molecule has 1 N–H and O–H groups in total. The van der Waals surface area contributed by atoms with Gasteiger partial charge in [0.05, 0.1) is 27.9 Å². The van der Waals surface area contributed by atoms with Crippen LogP contribution in [0.3, 0.4) is 0 Å². The van der Waals surface area contributed by atoms with Crippen molar-refractivity contribution in [2.75, 3.05) is 6.61 Å². The van der Waals surface area contributed by atoms with Gasteiger partial charge < -0.3 is 14.6 Å². The van der Waals surface area contributed by atoms with Gasteiger partial charge in [-0.05, 0) is 62.2 Å². The van der Waals surface area contributed by atoms with Crippen molar-refractivity contribution in [1.29, 1.82) is 0 Å². The first-order valence-electron chi connectivity index (χ1n) is 11.1. The van der Waals surface area contributed by atoms with Crippen LogP contribution in [0.1, 0.15) is 37.9 Å². The number of carboxylic acids is 1. The average Bonchev–Trinajstić information content (AvgIpc) is 3.12. The van der Waals surface area contributed by atoms with Crippen LogP contribution in [0.25, 0.3) is 6.08 Å². The zero-order valence-electron chi connectivity index (χ0n) is 19.7. The third kappa shape index (κ3) is 5.42. The standard InChI is InChI=1S/C26H23ClN2O6S/c1-14(2)35-25(33)22-15(3)28-26-29(23(22)17-6-8-18(27)9-7-17)24(32)20(36-26)12-16-4-10-19(11-5-16)34-13-21(30)31/h4-12,14,23H,13H2,1-3H3,(H,30,31)/b20-12+/t23-/m1/s1. The quantitative estimate of drug-likeness (QED) is 0.473. The summed E-state index contributed by atoms with van der Waals surface area (Å²) < 4.78 is 12.6. The Morgan fingerprint density at radius 1 is 1.17 bits per heavy atom. The van der Waals surface area contributed by atoms with Crippen LogP contribution >= 0.6 is 22.9 Å². The Hall–Kier alpha value is -3.69. The number of aromatic nitrogens is 1. The summed E-state index contributed by atoms with van der Waals surface area (Å²) in [6, 6.07) is 13.0. The van der Waals surface area contributed by atoms with Gasteiger partial charge in [-0.3, -0.25) is 9.36 Å². The molecule has 10 heteroatoms. The van der Waals surface area contributed by atoms with E-state index in [4.69, 9.17) is 26.2 Å². The maximum atomic E-state index is 13.6. The van der Waals surface area contributed by atoms with E-state index in [-0.39, 0.29) is 11.7 Å². The first kappa shape index (κ1) is 25.4. The fraction of sp³-hybridized carbons (Fsp3) is 0.231. The van der Waals surface area contributed by atoms with E-state index >= 15 is 0 Å². The highest BCUT2D eigenvalue weighted by Crippen LogP contribution is 2.31. The summed E-state index contributed by atoms with van der Waals surface area (Å²) in [5.74, 6) is -1.19. The van der Waals surface area contributed by atoms with Crippen molar-refractivity contribution in [2.45, 2.75) is 32.9 Å². The highest BCUT2D eigenvalue weighted by molar-refractivity contribution is 7.07. The molecule has 0 saturated heterocycles. The molecule has 0 saturated carbocycles. The molecule has 0 radical (unpaired) electrons. The van der Waals surface area contributed by atoms with E-state index < -0.39 is 24.6 Å². The number of rotatable bonds is 7. The van der Waals surface area contributed by atoms with Crippen molar-refractivity contribution >= 4 is 41.0 Å². The minimum Gasteiger partial charge on any atom is -0.482 e. The number of aliphatic carboxylic acids is 1. The molecule has 186 valence electrons. The van der Waals surface area contributed by atoms with E-state index in [9.17, 15) is 14.4 Å². The largest absolute Gasteiger partial charge is 0.482 e. The normalized spacial score (nSPS) is 15.5. The predicted molar refractivity (Wildman–Crippen MR) is 136 cm³/mol. The average molecular weight is 527 g/mol. The van der Waals surface area contributed by atoms with Crippen LogP contribution in [0, 0.1) is 0 Å². The van der Waals surface area contributed by atoms with E-state index in [1.165, 1.54) is 15.9 Å². The smallest absolute Gasteiger partial charge is 0.341 e. The highest BCUT2D eigenvalue weighted by atomic mass is 35.5.